The van der Waals surface area contributed by atoms with Crippen molar-refractivity contribution in [3.8, 4) is 0 Å². The molecule has 2 rings (SSSR count). The first-order valence-electron chi connectivity index (χ1n) is 8.43. The van der Waals surface area contributed by atoms with Crippen LogP contribution in [0.15, 0.2) is 59.7 Å². The fraction of sp³-hybridized carbons (Fsp3) is 0.316. The summed E-state index contributed by atoms with van der Waals surface area (Å²) in [7, 11) is 1.71. The van der Waals surface area contributed by atoms with Crippen LogP contribution in [0.1, 0.15) is 17.7 Å². The van der Waals surface area contributed by atoms with Crippen LogP contribution in [0.2, 0.25) is 0 Å². The Balaban J connectivity index is 0.00000338. The summed E-state index contributed by atoms with van der Waals surface area (Å²) in [5, 5.41) is 9.27. The Hall–Kier alpha value is -2.16. The Labute approximate surface area is 171 Å². The first-order valence-corrected chi connectivity index (χ1v) is 8.43. The first kappa shape index (κ1) is 21.9. The molecule has 0 aliphatic carbocycles. The lowest BCUT2D eigenvalue weighted by molar-refractivity contribution is -0.121. The van der Waals surface area contributed by atoms with Crippen LogP contribution in [-0.4, -0.2) is 37.0 Å². The third kappa shape index (κ3) is 8.80. The largest absolute Gasteiger partial charge is 0.356 e. The third-order valence-corrected chi connectivity index (χ3v) is 3.60. The predicted molar refractivity (Wildman–Crippen MR) is 116 cm³/mol. The number of pyridine rings is 1. The van der Waals surface area contributed by atoms with Crippen LogP contribution in [0.5, 0.6) is 0 Å². The minimum absolute atomic E-state index is 0. The second kappa shape index (κ2) is 13.1. The summed E-state index contributed by atoms with van der Waals surface area (Å²) in [5.41, 5.74) is 2.13. The quantitative estimate of drug-likeness (QED) is 0.316. The SMILES string of the molecule is CN=C(NCCC(=O)NCc1ccccc1)NCCc1ccccn1.I. The first-order chi connectivity index (χ1) is 12.3. The van der Waals surface area contributed by atoms with Gasteiger partial charge in [-0.15, -0.1) is 24.0 Å². The van der Waals surface area contributed by atoms with Crippen molar-refractivity contribution < 1.29 is 4.79 Å². The zero-order chi connectivity index (χ0) is 17.7. The zero-order valence-electron chi connectivity index (χ0n) is 14.9. The third-order valence-electron chi connectivity index (χ3n) is 3.60. The van der Waals surface area contributed by atoms with Crippen LogP contribution in [0, 0.1) is 0 Å². The molecule has 0 atom stereocenters. The molecule has 0 unspecified atom stereocenters. The Morgan fingerprint density at radius 3 is 2.42 bits per heavy atom. The molecule has 0 bridgehead atoms. The average Bonchev–Trinajstić information content (AvgIpc) is 2.67. The Morgan fingerprint density at radius 2 is 1.73 bits per heavy atom. The van der Waals surface area contributed by atoms with Gasteiger partial charge in [-0.05, 0) is 17.7 Å². The lowest BCUT2D eigenvalue weighted by Gasteiger charge is -2.11. The average molecular weight is 467 g/mol. The van der Waals surface area contributed by atoms with E-state index in [4.69, 9.17) is 0 Å². The van der Waals surface area contributed by atoms with Gasteiger partial charge < -0.3 is 16.0 Å². The van der Waals surface area contributed by atoms with Crippen LogP contribution in [0.25, 0.3) is 0 Å². The van der Waals surface area contributed by atoms with E-state index < -0.39 is 0 Å². The van der Waals surface area contributed by atoms with Crippen molar-refractivity contribution in [1.29, 1.82) is 0 Å². The molecule has 7 heteroatoms. The minimum atomic E-state index is 0. The Morgan fingerprint density at radius 1 is 1.00 bits per heavy atom. The molecule has 0 aliphatic rings. The van der Waals surface area contributed by atoms with Gasteiger partial charge in [0.15, 0.2) is 5.96 Å². The molecule has 140 valence electrons. The maximum absolute atomic E-state index is 11.9. The molecule has 0 saturated heterocycles. The van der Waals surface area contributed by atoms with E-state index in [1.807, 2.05) is 48.5 Å². The molecule has 1 amide bonds. The molecule has 0 aliphatic heterocycles. The number of aliphatic imine (C=N–C) groups is 1. The van der Waals surface area contributed by atoms with Gasteiger partial charge in [-0.1, -0.05) is 36.4 Å². The topological polar surface area (TPSA) is 78.4 Å². The van der Waals surface area contributed by atoms with E-state index in [1.165, 1.54) is 0 Å². The number of aromatic nitrogens is 1. The molecule has 3 N–H and O–H groups in total. The number of hydrogen-bond donors (Lipinski definition) is 3. The highest BCUT2D eigenvalue weighted by molar-refractivity contribution is 14.0. The monoisotopic (exact) mass is 467 g/mol. The Kier molecular flexibility index (Phi) is 11.0. The number of guanidine groups is 1. The highest BCUT2D eigenvalue weighted by Gasteiger charge is 2.03. The second-order valence-electron chi connectivity index (χ2n) is 5.51. The number of hydrogen-bond acceptors (Lipinski definition) is 3. The van der Waals surface area contributed by atoms with Gasteiger partial charge in [-0.3, -0.25) is 14.8 Å². The van der Waals surface area contributed by atoms with E-state index in [-0.39, 0.29) is 29.9 Å². The van der Waals surface area contributed by atoms with Crippen molar-refractivity contribution in [3.05, 3.63) is 66.0 Å². The summed E-state index contributed by atoms with van der Waals surface area (Å²) in [6.45, 7) is 1.82. The van der Waals surface area contributed by atoms with Gasteiger partial charge in [0.1, 0.15) is 0 Å². The van der Waals surface area contributed by atoms with Crippen molar-refractivity contribution in [2.24, 2.45) is 4.99 Å². The molecule has 2 aromatic rings. The summed E-state index contributed by atoms with van der Waals surface area (Å²) in [4.78, 5) is 20.3. The highest BCUT2D eigenvalue weighted by Crippen LogP contribution is 1.97. The van der Waals surface area contributed by atoms with Gasteiger partial charge in [0.2, 0.25) is 5.91 Å². The van der Waals surface area contributed by atoms with Gasteiger partial charge in [0.25, 0.3) is 0 Å². The summed E-state index contributed by atoms with van der Waals surface area (Å²) in [6, 6.07) is 15.7. The summed E-state index contributed by atoms with van der Waals surface area (Å²) in [6.07, 6.45) is 3.00. The van der Waals surface area contributed by atoms with Gasteiger partial charge in [-0.25, -0.2) is 0 Å². The summed E-state index contributed by atoms with van der Waals surface area (Å²) in [5.74, 6) is 0.701. The Bertz CT molecular complexity index is 664. The van der Waals surface area contributed by atoms with E-state index >= 15 is 0 Å². The van der Waals surface area contributed by atoms with E-state index in [0.717, 1.165) is 24.2 Å². The molecule has 1 aromatic heterocycles. The smallest absolute Gasteiger partial charge is 0.222 e. The molecule has 1 heterocycles. The molecular formula is C19H26IN5O. The van der Waals surface area contributed by atoms with Crippen molar-refractivity contribution in [1.82, 2.24) is 20.9 Å². The lowest BCUT2D eigenvalue weighted by Crippen LogP contribution is -2.40. The normalized spacial score (nSPS) is 10.6. The number of benzene rings is 1. The minimum Gasteiger partial charge on any atom is -0.356 e. The van der Waals surface area contributed by atoms with Gasteiger partial charge in [-0.2, -0.15) is 0 Å². The number of amides is 1. The van der Waals surface area contributed by atoms with Crippen LogP contribution in [0.4, 0.5) is 0 Å². The van der Waals surface area contributed by atoms with Gasteiger partial charge in [0, 0.05) is 51.4 Å². The number of nitrogens with one attached hydrogen (secondary N) is 3. The van der Waals surface area contributed by atoms with Crippen molar-refractivity contribution >= 4 is 35.8 Å². The van der Waals surface area contributed by atoms with Crippen molar-refractivity contribution in [3.63, 3.8) is 0 Å². The molecule has 26 heavy (non-hydrogen) atoms. The van der Waals surface area contributed by atoms with Crippen LogP contribution in [-0.2, 0) is 17.8 Å². The summed E-state index contributed by atoms with van der Waals surface area (Å²) >= 11 is 0. The van der Waals surface area contributed by atoms with Crippen LogP contribution >= 0.6 is 24.0 Å². The zero-order valence-corrected chi connectivity index (χ0v) is 17.3. The number of carbonyl (C=O) groups excluding carboxylic acids is 1. The molecule has 0 radical (unpaired) electrons. The predicted octanol–water partition coefficient (Wildman–Crippen LogP) is 2.11. The van der Waals surface area contributed by atoms with E-state index in [1.54, 1.807) is 13.2 Å². The van der Waals surface area contributed by atoms with Crippen molar-refractivity contribution in [2.75, 3.05) is 20.1 Å². The van der Waals surface area contributed by atoms with E-state index in [2.05, 4.69) is 25.9 Å². The lowest BCUT2D eigenvalue weighted by atomic mass is 10.2. The number of carbonyl (C=O) groups is 1. The molecule has 1 aromatic carbocycles. The van der Waals surface area contributed by atoms with E-state index in [9.17, 15) is 4.79 Å². The number of halogens is 1. The van der Waals surface area contributed by atoms with Crippen molar-refractivity contribution in [2.45, 2.75) is 19.4 Å². The highest BCUT2D eigenvalue weighted by atomic mass is 127. The maximum Gasteiger partial charge on any atom is 0.222 e. The molecule has 0 saturated carbocycles. The van der Waals surface area contributed by atoms with Gasteiger partial charge in [0.05, 0.1) is 0 Å². The van der Waals surface area contributed by atoms with Crippen LogP contribution < -0.4 is 16.0 Å². The maximum atomic E-state index is 11.9. The standard InChI is InChI=1S/C19H25N5O.HI/c1-20-19(22-13-10-17-9-5-6-12-21-17)23-14-11-18(25)24-15-16-7-3-2-4-8-16;/h2-9,12H,10-11,13-15H2,1H3,(H,24,25)(H2,20,22,23);1H. The second-order valence-corrected chi connectivity index (χ2v) is 5.51. The summed E-state index contributed by atoms with van der Waals surface area (Å²) < 4.78 is 0. The molecular weight excluding hydrogens is 441 g/mol. The fourth-order valence-corrected chi connectivity index (χ4v) is 2.25. The van der Waals surface area contributed by atoms with Crippen LogP contribution in [0.3, 0.4) is 0 Å². The number of nitrogens with zero attached hydrogens (tertiary/aromatic N) is 2. The number of rotatable bonds is 8. The molecule has 6 nitrogen and oxygen atoms in total. The molecule has 0 spiro atoms. The van der Waals surface area contributed by atoms with Gasteiger partial charge >= 0.3 is 0 Å². The molecule has 0 fully saturated rings. The van der Waals surface area contributed by atoms with E-state index in [0.29, 0.717) is 25.5 Å². The fourth-order valence-electron chi connectivity index (χ4n) is 2.25.